The largest absolute Gasteiger partial charge is 0.493 e. The molecule has 1 aromatic heterocycles. The molecule has 0 bridgehead atoms. The SMILES string of the molecule is CCc1cnc(C(C)NCCc2ccc3c(c2)CCO3)s1. The van der Waals surface area contributed by atoms with Crippen LogP contribution in [0.1, 0.15) is 40.9 Å². The summed E-state index contributed by atoms with van der Waals surface area (Å²) in [6.07, 6.45) is 5.16. The molecule has 3 rings (SSSR count). The van der Waals surface area contributed by atoms with Gasteiger partial charge in [-0.2, -0.15) is 0 Å². The first-order valence-corrected chi connectivity index (χ1v) is 8.50. The molecule has 0 fully saturated rings. The highest BCUT2D eigenvalue weighted by Gasteiger charge is 2.12. The smallest absolute Gasteiger partial charge is 0.122 e. The number of nitrogens with one attached hydrogen (secondary N) is 1. The summed E-state index contributed by atoms with van der Waals surface area (Å²) in [4.78, 5) is 5.86. The van der Waals surface area contributed by atoms with Crippen LogP contribution in [0.15, 0.2) is 24.4 Å². The third-order valence-corrected chi connectivity index (χ3v) is 5.23. The normalized spacial score (nSPS) is 14.8. The number of hydrogen-bond acceptors (Lipinski definition) is 4. The Hall–Kier alpha value is -1.39. The Kier molecular flexibility index (Phi) is 4.56. The molecule has 1 aromatic carbocycles. The molecular weight excluding hydrogens is 280 g/mol. The van der Waals surface area contributed by atoms with Gasteiger partial charge >= 0.3 is 0 Å². The van der Waals surface area contributed by atoms with Crippen LogP contribution in [0.3, 0.4) is 0 Å². The molecular formula is C17H22N2OS. The number of thiazole rings is 1. The number of rotatable bonds is 6. The van der Waals surface area contributed by atoms with Crippen LogP contribution in [-0.4, -0.2) is 18.1 Å². The van der Waals surface area contributed by atoms with Gasteiger partial charge in [-0.1, -0.05) is 19.1 Å². The van der Waals surface area contributed by atoms with E-state index in [1.54, 1.807) is 0 Å². The van der Waals surface area contributed by atoms with Crippen LogP contribution in [0.5, 0.6) is 5.75 Å². The second-order valence-electron chi connectivity index (χ2n) is 5.48. The van der Waals surface area contributed by atoms with Crippen molar-refractivity contribution in [2.75, 3.05) is 13.2 Å². The fraction of sp³-hybridized carbons (Fsp3) is 0.471. The van der Waals surface area contributed by atoms with E-state index in [0.29, 0.717) is 6.04 Å². The van der Waals surface area contributed by atoms with Crippen LogP contribution < -0.4 is 10.1 Å². The third-order valence-electron chi connectivity index (χ3n) is 3.91. The van der Waals surface area contributed by atoms with Crippen molar-refractivity contribution in [2.45, 2.75) is 39.2 Å². The lowest BCUT2D eigenvalue weighted by Gasteiger charge is -2.11. The number of benzene rings is 1. The standard InChI is InChI=1S/C17H22N2OS/c1-3-15-11-19-17(21-15)12(2)18-8-6-13-4-5-16-14(10-13)7-9-20-16/h4-5,10-12,18H,3,6-9H2,1-2H3. The summed E-state index contributed by atoms with van der Waals surface area (Å²) < 4.78 is 5.54. The van der Waals surface area contributed by atoms with Gasteiger partial charge in [0.25, 0.3) is 0 Å². The Morgan fingerprint density at radius 3 is 3.14 bits per heavy atom. The highest BCUT2D eigenvalue weighted by Crippen LogP contribution is 2.26. The first-order valence-electron chi connectivity index (χ1n) is 7.69. The van der Waals surface area contributed by atoms with Crippen LogP contribution in [0, 0.1) is 0 Å². The third kappa shape index (κ3) is 3.44. The Bertz CT molecular complexity index is 609. The Morgan fingerprint density at radius 1 is 1.43 bits per heavy atom. The van der Waals surface area contributed by atoms with E-state index in [9.17, 15) is 0 Å². The number of aromatic nitrogens is 1. The van der Waals surface area contributed by atoms with Crippen molar-refractivity contribution in [1.82, 2.24) is 10.3 Å². The molecule has 0 aliphatic carbocycles. The Morgan fingerprint density at radius 2 is 2.33 bits per heavy atom. The second-order valence-corrected chi connectivity index (χ2v) is 6.63. The minimum atomic E-state index is 0.327. The molecule has 112 valence electrons. The van der Waals surface area contributed by atoms with Crippen molar-refractivity contribution >= 4 is 11.3 Å². The molecule has 0 amide bonds. The molecule has 3 nitrogen and oxygen atoms in total. The zero-order chi connectivity index (χ0) is 14.7. The molecule has 0 saturated carbocycles. The van der Waals surface area contributed by atoms with Gasteiger partial charge < -0.3 is 10.1 Å². The van der Waals surface area contributed by atoms with Gasteiger partial charge in [-0.3, -0.25) is 0 Å². The molecule has 0 radical (unpaired) electrons. The van der Waals surface area contributed by atoms with Gasteiger partial charge in [-0.05, 0) is 43.5 Å². The lowest BCUT2D eigenvalue weighted by Crippen LogP contribution is -2.21. The minimum Gasteiger partial charge on any atom is -0.493 e. The van der Waals surface area contributed by atoms with E-state index in [2.05, 4.69) is 42.3 Å². The average Bonchev–Trinajstić information content (AvgIpc) is 3.15. The maximum Gasteiger partial charge on any atom is 0.122 e. The molecule has 1 aliphatic heterocycles. The van der Waals surface area contributed by atoms with Gasteiger partial charge in [-0.25, -0.2) is 4.98 Å². The van der Waals surface area contributed by atoms with E-state index in [1.165, 1.54) is 21.0 Å². The maximum absolute atomic E-state index is 5.54. The molecule has 1 unspecified atom stereocenters. The van der Waals surface area contributed by atoms with Crippen molar-refractivity contribution in [3.63, 3.8) is 0 Å². The molecule has 1 aliphatic rings. The molecule has 4 heteroatoms. The molecule has 2 aromatic rings. The average molecular weight is 302 g/mol. The summed E-state index contributed by atoms with van der Waals surface area (Å²) in [6, 6.07) is 6.89. The predicted molar refractivity (Wildman–Crippen MR) is 87.3 cm³/mol. The Labute approximate surface area is 130 Å². The fourth-order valence-corrected chi connectivity index (χ4v) is 3.49. The molecule has 2 heterocycles. The molecule has 1 atom stereocenters. The fourth-order valence-electron chi connectivity index (χ4n) is 2.60. The van der Waals surface area contributed by atoms with Crippen molar-refractivity contribution in [3.05, 3.63) is 45.4 Å². The predicted octanol–water partition coefficient (Wildman–Crippen LogP) is 3.53. The number of hydrogen-bond donors (Lipinski definition) is 1. The van der Waals surface area contributed by atoms with E-state index < -0.39 is 0 Å². The number of fused-ring (bicyclic) bond motifs is 1. The van der Waals surface area contributed by atoms with Crippen LogP contribution in [0.2, 0.25) is 0 Å². The van der Waals surface area contributed by atoms with Crippen LogP contribution in [-0.2, 0) is 19.3 Å². The van der Waals surface area contributed by atoms with Crippen molar-refractivity contribution in [2.24, 2.45) is 0 Å². The zero-order valence-corrected chi connectivity index (χ0v) is 13.5. The van der Waals surface area contributed by atoms with Gasteiger partial charge in [0.2, 0.25) is 0 Å². The highest BCUT2D eigenvalue weighted by molar-refractivity contribution is 7.11. The quantitative estimate of drug-likeness (QED) is 0.886. The highest BCUT2D eigenvalue weighted by atomic mass is 32.1. The van der Waals surface area contributed by atoms with E-state index in [4.69, 9.17) is 4.74 Å². The van der Waals surface area contributed by atoms with Crippen molar-refractivity contribution < 1.29 is 4.74 Å². The molecule has 0 spiro atoms. The van der Waals surface area contributed by atoms with E-state index in [-0.39, 0.29) is 0 Å². The van der Waals surface area contributed by atoms with E-state index in [0.717, 1.165) is 38.2 Å². The molecule has 0 saturated heterocycles. The van der Waals surface area contributed by atoms with Gasteiger partial charge in [0, 0.05) is 17.5 Å². The maximum atomic E-state index is 5.54. The van der Waals surface area contributed by atoms with Crippen molar-refractivity contribution in [3.8, 4) is 5.75 Å². The first-order chi connectivity index (χ1) is 10.3. The van der Waals surface area contributed by atoms with Crippen LogP contribution in [0.25, 0.3) is 0 Å². The van der Waals surface area contributed by atoms with Crippen LogP contribution in [0.4, 0.5) is 0 Å². The Balaban J connectivity index is 1.51. The van der Waals surface area contributed by atoms with E-state index in [1.807, 2.05) is 17.5 Å². The van der Waals surface area contributed by atoms with Crippen LogP contribution >= 0.6 is 11.3 Å². The second kappa shape index (κ2) is 6.58. The van der Waals surface area contributed by atoms with Gasteiger partial charge in [-0.15, -0.1) is 11.3 Å². The summed E-state index contributed by atoms with van der Waals surface area (Å²) in [7, 11) is 0. The topological polar surface area (TPSA) is 34.2 Å². The summed E-state index contributed by atoms with van der Waals surface area (Å²) in [5.41, 5.74) is 2.74. The first kappa shape index (κ1) is 14.5. The van der Waals surface area contributed by atoms with Crippen molar-refractivity contribution in [1.29, 1.82) is 0 Å². The van der Waals surface area contributed by atoms with Gasteiger partial charge in [0.05, 0.1) is 12.6 Å². The lowest BCUT2D eigenvalue weighted by atomic mass is 10.1. The number of aryl methyl sites for hydroxylation is 1. The molecule has 21 heavy (non-hydrogen) atoms. The number of nitrogens with zero attached hydrogens (tertiary/aromatic N) is 1. The summed E-state index contributed by atoms with van der Waals surface area (Å²) in [5, 5.41) is 4.76. The minimum absolute atomic E-state index is 0.327. The zero-order valence-electron chi connectivity index (χ0n) is 12.7. The summed E-state index contributed by atoms with van der Waals surface area (Å²) >= 11 is 1.81. The monoisotopic (exact) mass is 302 g/mol. The summed E-state index contributed by atoms with van der Waals surface area (Å²) in [5.74, 6) is 1.06. The lowest BCUT2D eigenvalue weighted by molar-refractivity contribution is 0.357. The van der Waals surface area contributed by atoms with E-state index >= 15 is 0 Å². The van der Waals surface area contributed by atoms with Gasteiger partial charge in [0.15, 0.2) is 0 Å². The van der Waals surface area contributed by atoms with Gasteiger partial charge in [0.1, 0.15) is 10.8 Å². The summed E-state index contributed by atoms with van der Waals surface area (Å²) in [6.45, 7) is 6.17. The molecule has 1 N–H and O–H groups in total. The number of ether oxygens (including phenoxy) is 1.